The molecule has 2 aliphatic rings. The molecule has 256 valence electrons. The molecule has 0 spiro atoms. The van der Waals surface area contributed by atoms with Crippen LogP contribution in [0.3, 0.4) is 0 Å². The highest BCUT2D eigenvalue weighted by atomic mass is 19.4. The van der Waals surface area contributed by atoms with Crippen molar-refractivity contribution in [2.45, 2.75) is 64.1 Å². The summed E-state index contributed by atoms with van der Waals surface area (Å²) < 4.78 is 94.0. The average Bonchev–Trinajstić information content (AvgIpc) is 3.06. The molecule has 0 bridgehead atoms. The zero-order valence-corrected chi connectivity index (χ0v) is 26.1. The number of hydrogen-bond donors (Lipinski definition) is 2. The monoisotopic (exact) mass is 669 g/mol. The second kappa shape index (κ2) is 14.1. The van der Waals surface area contributed by atoms with E-state index in [-0.39, 0.29) is 42.5 Å². The standard InChI is InChI=1S/C31H37F6N7O3/c1-4-22-15-25(27-24(6-7-26(41-27)46-3)44(22)29(45)47-5-2)43(28-39-16-23(17-40-28)42-10-8-38-9-11-42)18-19-12-20(30(32,33)34)14-21(13-19)31(35,36)37/h6-7,12-14,16-17,22,25,29,38,45H,4-5,8-11,15,18H2,1-3H3/t22-,25+,29?/m1/s1. The smallest absolute Gasteiger partial charge is 0.416 e. The van der Waals surface area contributed by atoms with Crippen molar-refractivity contribution in [1.82, 2.24) is 20.3 Å². The van der Waals surface area contributed by atoms with Gasteiger partial charge >= 0.3 is 12.4 Å². The first-order valence-corrected chi connectivity index (χ1v) is 15.3. The number of aromatic nitrogens is 3. The summed E-state index contributed by atoms with van der Waals surface area (Å²) in [6.07, 6.45) is -7.40. The topological polar surface area (TPSA) is 99.1 Å². The van der Waals surface area contributed by atoms with Gasteiger partial charge in [-0.15, -0.1) is 0 Å². The number of piperazine rings is 1. The minimum absolute atomic E-state index is 0.0871. The fourth-order valence-electron chi connectivity index (χ4n) is 6.05. The summed E-state index contributed by atoms with van der Waals surface area (Å²) in [5.74, 6) is 0.312. The van der Waals surface area contributed by atoms with Crippen molar-refractivity contribution in [1.29, 1.82) is 0 Å². The number of halogens is 6. The molecule has 0 saturated carbocycles. The molecule has 0 amide bonds. The van der Waals surface area contributed by atoms with Gasteiger partial charge in [0.2, 0.25) is 18.2 Å². The van der Waals surface area contributed by atoms with E-state index >= 15 is 0 Å². The zero-order chi connectivity index (χ0) is 33.9. The van der Waals surface area contributed by atoms with Crippen LogP contribution < -0.4 is 24.8 Å². The van der Waals surface area contributed by atoms with Crippen molar-refractivity contribution in [3.05, 3.63) is 65.1 Å². The number of alkyl halides is 6. The Morgan fingerprint density at radius 3 is 2.19 bits per heavy atom. The van der Waals surface area contributed by atoms with Crippen molar-refractivity contribution in [3.8, 4) is 5.88 Å². The van der Waals surface area contributed by atoms with Crippen LogP contribution in [0.4, 0.5) is 43.7 Å². The maximum absolute atomic E-state index is 13.9. The third-order valence-electron chi connectivity index (χ3n) is 8.33. The van der Waals surface area contributed by atoms with Gasteiger partial charge in [0.05, 0.1) is 53.7 Å². The van der Waals surface area contributed by atoms with E-state index in [2.05, 4.69) is 25.2 Å². The Bertz CT molecular complexity index is 1470. The summed E-state index contributed by atoms with van der Waals surface area (Å²) in [5, 5.41) is 14.2. The van der Waals surface area contributed by atoms with Gasteiger partial charge in [-0.1, -0.05) is 6.92 Å². The number of fused-ring (bicyclic) bond motifs is 1. The van der Waals surface area contributed by atoms with Gasteiger partial charge in [-0.05, 0) is 49.6 Å². The van der Waals surface area contributed by atoms with Crippen molar-refractivity contribution in [3.63, 3.8) is 0 Å². The molecule has 16 heteroatoms. The van der Waals surface area contributed by atoms with E-state index in [1.54, 1.807) is 41.2 Å². The molecule has 5 rings (SSSR count). The van der Waals surface area contributed by atoms with Crippen LogP contribution in [0, 0.1) is 0 Å². The second-order valence-corrected chi connectivity index (χ2v) is 11.3. The molecule has 2 N–H and O–H groups in total. The Hall–Kier alpha value is -3.89. The average molecular weight is 670 g/mol. The first-order chi connectivity index (χ1) is 22.3. The summed E-state index contributed by atoms with van der Waals surface area (Å²) in [4.78, 5) is 19.1. The molecule has 10 nitrogen and oxygen atoms in total. The SMILES string of the molecule is CCOC(O)N1c2ccc(OC)nc2[C@@H](N(Cc2cc(C(F)(F)F)cc(C(F)(F)F)c2)c2ncc(N3CCNCC3)cn2)C[C@H]1CC. The van der Waals surface area contributed by atoms with E-state index in [1.165, 1.54) is 7.11 Å². The van der Waals surface area contributed by atoms with Gasteiger partial charge in [-0.25, -0.2) is 15.0 Å². The number of nitrogens with zero attached hydrogens (tertiary/aromatic N) is 6. The number of aliphatic hydroxyl groups excluding tert-OH is 1. The largest absolute Gasteiger partial charge is 0.481 e. The molecule has 1 saturated heterocycles. The highest BCUT2D eigenvalue weighted by Gasteiger charge is 2.41. The number of rotatable bonds is 10. The molecule has 47 heavy (non-hydrogen) atoms. The van der Waals surface area contributed by atoms with E-state index in [0.29, 0.717) is 43.0 Å². The van der Waals surface area contributed by atoms with E-state index in [4.69, 9.17) is 9.47 Å². The van der Waals surface area contributed by atoms with E-state index < -0.39 is 42.5 Å². The Morgan fingerprint density at radius 2 is 1.64 bits per heavy atom. The highest BCUT2D eigenvalue weighted by molar-refractivity contribution is 5.59. The minimum atomic E-state index is -5.02. The van der Waals surface area contributed by atoms with Gasteiger partial charge < -0.3 is 34.6 Å². The van der Waals surface area contributed by atoms with Gasteiger partial charge in [-0.3, -0.25) is 0 Å². The van der Waals surface area contributed by atoms with Crippen molar-refractivity contribution in [2.75, 3.05) is 54.6 Å². The fourth-order valence-corrected chi connectivity index (χ4v) is 6.05. The molecule has 3 aromatic rings. The molecule has 2 aliphatic heterocycles. The van der Waals surface area contributed by atoms with Crippen LogP contribution in [0.25, 0.3) is 0 Å². The number of methoxy groups -OCH3 is 1. The number of ether oxygens (including phenoxy) is 2. The molecule has 4 heterocycles. The fraction of sp³-hybridized carbons (Fsp3) is 0.516. The van der Waals surface area contributed by atoms with E-state index in [9.17, 15) is 31.4 Å². The van der Waals surface area contributed by atoms with Crippen molar-refractivity contribution in [2.24, 2.45) is 0 Å². The molecule has 2 aromatic heterocycles. The summed E-state index contributed by atoms with van der Waals surface area (Å²) >= 11 is 0. The predicted octanol–water partition coefficient (Wildman–Crippen LogP) is 5.38. The number of pyridine rings is 1. The lowest BCUT2D eigenvalue weighted by Gasteiger charge is -2.46. The molecule has 1 aromatic carbocycles. The Morgan fingerprint density at radius 1 is 1.00 bits per heavy atom. The molecular weight excluding hydrogens is 632 g/mol. The molecule has 3 atom stereocenters. The number of anilines is 3. The third kappa shape index (κ3) is 7.65. The van der Waals surface area contributed by atoms with Gasteiger partial charge in [0, 0.05) is 51.4 Å². The lowest BCUT2D eigenvalue weighted by atomic mass is 9.91. The van der Waals surface area contributed by atoms with Crippen LogP contribution in [0.5, 0.6) is 5.88 Å². The molecule has 1 fully saturated rings. The van der Waals surface area contributed by atoms with Crippen LogP contribution in [-0.2, 0) is 23.6 Å². The second-order valence-electron chi connectivity index (χ2n) is 11.3. The predicted molar refractivity (Wildman–Crippen MR) is 162 cm³/mol. The Labute approximate surface area is 268 Å². The first kappa shape index (κ1) is 34.4. The van der Waals surface area contributed by atoms with Gasteiger partial charge in [0.1, 0.15) is 0 Å². The summed E-state index contributed by atoms with van der Waals surface area (Å²) in [6.45, 7) is 6.40. The number of benzene rings is 1. The van der Waals surface area contributed by atoms with Crippen LogP contribution in [-0.4, -0.2) is 72.4 Å². The molecule has 0 aliphatic carbocycles. The van der Waals surface area contributed by atoms with Gasteiger partial charge in [0.25, 0.3) is 0 Å². The van der Waals surface area contributed by atoms with Crippen LogP contribution in [0.1, 0.15) is 55.1 Å². The maximum atomic E-state index is 13.9. The van der Waals surface area contributed by atoms with Crippen LogP contribution >= 0.6 is 0 Å². The summed E-state index contributed by atoms with van der Waals surface area (Å²) in [5.41, 5.74) is -1.51. The van der Waals surface area contributed by atoms with Crippen molar-refractivity contribution >= 4 is 17.3 Å². The van der Waals surface area contributed by atoms with Gasteiger partial charge in [0.15, 0.2) is 0 Å². The lowest BCUT2D eigenvalue weighted by molar-refractivity contribution is -0.143. The summed E-state index contributed by atoms with van der Waals surface area (Å²) in [7, 11) is 1.42. The van der Waals surface area contributed by atoms with Crippen LogP contribution in [0.2, 0.25) is 0 Å². The number of nitrogens with one attached hydrogen (secondary N) is 1. The number of hydrogen-bond acceptors (Lipinski definition) is 10. The van der Waals surface area contributed by atoms with E-state index in [0.717, 1.165) is 18.8 Å². The minimum Gasteiger partial charge on any atom is -0.481 e. The normalized spacial score (nSPS) is 19.4. The summed E-state index contributed by atoms with van der Waals surface area (Å²) in [6, 6.07) is 3.71. The lowest BCUT2D eigenvalue weighted by Crippen LogP contribution is -2.51. The quantitative estimate of drug-likeness (QED) is 0.217. The zero-order valence-electron chi connectivity index (χ0n) is 26.1. The number of aliphatic hydroxyl groups is 1. The Balaban J connectivity index is 1.65. The molecule has 1 unspecified atom stereocenters. The third-order valence-corrected chi connectivity index (χ3v) is 8.33. The Kier molecular flexibility index (Phi) is 10.3. The van der Waals surface area contributed by atoms with Crippen molar-refractivity contribution < 1.29 is 40.9 Å². The van der Waals surface area contributed by atoms with Crippen LogP contribution in [0.15, 0.2) is 42.7 Å². The van der Waals surface area contributed by atoms with Gasteiger partial charge in [-0.2, -0.15) is 26.3 Å². The molecule has 0 radical (unpaired) electrons. The van der Waals surface area contributed by atoms with E-state index in [1.807, 2.05) is 6.92 Å². The highest BCUT2D eigenvalue weighted by Crippen LogP contribution is 2.44. The molecular formula is C31H37F6N7O3. The first-order valence-electron chi connectivity index (χ1n) is 15.3. The maximum Gasteiger partial charge on any atom is 0.416 e.